The van der Waals surface area contributed by atoms with Crippen molar-refractivity contribution >= 4 is 16.2 Å². The highest BCUT2D eigenvalue weighted by molar-refractivity contribution is 7.89. The molecule has 25 heavy (non-hydrogen) atoms. The Bertz CT molecular complexity index is 836. The van der Waals surface area contributed by atoms with Crippen molar-refractivity contribution in [3.05, 3.63) is 47.5 Å². The lowest BCUT2D eigenvalue weighted by molar-refractivity contribution is 0.324. The van der Waals surface area contributed by atoms with Gasteiger partial charge in [-0.25, -0.2) is 13.6 Å². The van der Waals surface area contributed by atoms with Gasteiger partial charge in [0.05, 0.1) is 32.8 Å². The van der Waals surface area contributed by atoms with E-state index in [1.165, 1.54) is 12.1 Å². The molecule has 7 nitrogen and oxygen atoms in total. The van der Waals surface area contributed by atoms with E-state index in [4.69, 9.17) is 19.3 Å². The Hall–Kier alpha value is -2.58. The number of benzene rings is 2. The molecule has 2 rings (SSSR count). The first-order valence-electron chi connectivity index (χ1n) is 7.30. The monoisotopic (exact) mass is 364 g/mol. The molecule has 0 atom stereocenters. The second-order valence-corrected chi connectivity index (χ2v) is 6.68. The zero-order valence-corrected chi connectivity index (χ0v) is 15.0. The first kappa shape index (κ1) is 18.8. The third-order valence-corrected chi connectivity index (χ3v) is 4.38. The maximum atomic E-state index is 11.2. The van der Waals surface area contributed by atoms with Crippen molar-refractivity contribution in [1.29, 1.82) is 0 Å². The van der Waals surface area contributed by atoms with Crippen LogP contribution in [0.15, 0.2) is 46.3 Å². The van der Waals surface area contributed by atoms with Gasteiger partial charge in [-0.3, -0.25) is 4.99 Å². The van der Waals surface area contributed by atoms with Gasteiger partial charge < -0.3 is 14.2 Å². The van der Waals surface area contributed by atoms with Crippen LogP contribution in [0.25, 0.3) is 0 Å². The molecular weight excluding hydrogens is 344 g/mol. The second kappa shape index (κ2) is 8.00. The van der Waals surface area contributed by atoms with E-state index in [2.05, 4.69) is 4.99 Å². The van der Waals surface area contributed by atoms with Crippen molar-refractivity contribution in [3.8, 4) is 17.2 Å². The molecular formula is C17H20N2O5S. The highest BCUT2D eigenvalue weighted by Gasteiger charge is 2.12. The van der Waals surface area contributed by atoms with Crippen LogP contribution in [0.5, 0.6) is 17.2 Å². The zero-order chi connectivity index (χ0) is 18.4. The van der Waals surface area contributed by atoms with Crippen LogP contribution < -0.4 is 19.3 Å². The van der Waals surface area contributed by atoms with E-state index in [0.29, 0.717) is 23.8 Å². The third kappa shape index (κ3) is 4.71. The Labute approximate surface area is 147 Å². The number of ether oxygens (including phenoxy) is 3. The van der Waals surface area contributed by atoms with Gasteiger partial charge >= 0.3 is 0 Å². The topological polar surface area (TPSA) is 100 Å². The predicted molar refractivity (Wildman–Crippen MR) is 95.2 cm³/mol. The zero-order valence-electron chi connectivity index (χ0n) is 14.2. The second-order valence-electron chi connectivity index (χ2n) is 5.12. The fraction of sp³-hybridized carbons (Fsp3) is 0.235. The summed E-state index contributed by atoms with van der Waals surface area (Å²) in [4.78, 5) is 4.43. The van der Waals surface area contributed by atoms with Gasteiger partial charge in [0.15, 0.2) is 11.5 Å². The Morgan fingerprint density at radius 3 is 2.00 bits per heavy atom. The van der Waals surface area contributed by atoms with Crippen molar-refractivity contribution in [2.24, 2.45) is 10.1 Å². The number of methoxy groups -OCH3 is 3. The minimum absolute atomic E-state index is 0.0739. The first-order valence-corrected chi connectivity index (χ1v) is 8.85. The average molecular weight is 364 g/mol. The van der Waals surface area contributed by atoms with E-state index in [9.17, 15) is 8.42 Å². The van der Waals surface area contributed by atoms with Crippen LogP contribution in [0.2, 0.25) is 0 Å². The molecule has 0 unspecified atom stereocenters. The van der Waals surface area contributed by atoms with Crippen LogP contribution in [-0.4, -0.2) is 36.0 Å². The lowest BCUT2D eigenvalue weighted by Crippen LogP contribution is -2.11. The number of aliphatic imine (C=N–C) groups is 1. The highest BCUT2D eigenvalue weighted by atomic mass is 32.2. The minimum Gasteiger partial charge on any atom is -0.493 e. The number of hydrogen-bond donors (Lipinski definition) is 1. The Kier molecular flexibility index (Phi) is 6.00. The molecule has 2 aromatic rings. The number of nitrogens with zero attached hydrogens (tertiary/aromatic N) is 1. The summed E-state index contributed by atoms with van der Waals surface area (Å²) in [6.45, 7) is 0.390. The van der Waals surface area contributed by atoms with Gasteiger partial charge in [0.2, 0.25) is 15.8 Å². The fourth-order valence-electron chi connectivity index (χ4n) is 2.22. The van der Waals surface area contributed by atoms with Crippen molar-refractivity contribution in [2.45, 2.75) is 11.4 Å². The molecule has 0 aliphatic carbocycles. The van der Waals surface area contributed by atoms with E-state index in [1.54, 1.807) is 51.8 Å². The van der Waals surface area contributed by atoms with Gasteiger partial charge in [0.25, 0.3) is 0 Å². The van der Waals surface area contributed by atoms with E-state index in [-0.39, 0.29) is 4.90 Å². The average Bonchev–Trinajstić information content (AvgIpc) is 2.60. The lowest BCUT2D eigenvalue weighted by atomic mass is 10.2. The largest absolute Gasteiger partial charge is 0.493 e. The summed E-state index contributed by atoms with van der Waals surface area (Å²) >= 11 is 0. The molecule has 0 heterocycles. The van der Waals surface area contributed by atoms with Crippen molar-refractivity contribution in [1.82, 2.24) is 0 Å². The van der Waals surface area contributed by atoms with Gasteiger partial charge in [-0.05, 0) is 35.4 Å². The van der Waals surface area contributed by atoms with Gasteiger partial charge in [-0.15, -0.1) is 0 Å². The summed E-state index contributed by atoms with van der Waals surface area (Å²) in [5, 5.41) is 5.07. The number of primary sulfonamides is 1. The van der Waals surface area contributed by atoms with Crippen LogP contribution in [0.3, 0.4) is 0 Å². The molecule has 0 spiro atoms. The third-order valence-electron chi connectivity index (χ3n) is 3.45. The van der Waals surface area contributed by atoms with Crippen LogP contribution in [-0.2, 0) is 16.6 Å². The molecule has 0 aliphatic rings. The molecule has 134 valence electrons. The molecule has 0 aliphatic heterocycles. The smallest absolute Gasteiger partial charge is 0.238 e. The Balaban J connectivity index is 2.17. The maximum Gasteiger partial charge on any atom is 0.238 e. The summed E-state index contributed by atoms with van der Waals surface area (Å²) < 4.78 is 38.3. The number of sulfonamides is 1. The van der Waals surface area contributed by atoms with E-state index >= 15 is 0 Å². The van der Waals surface area contributed by atoms with Crippen molar-refractivity contribution in [3.63, 3.8) is 0 Å². The molecule has 0 fully saturated rings. The number of nitrogens with two attached hydrogens (primary N) is 1. The van der Waals surface area contributed by atoms with Gasteiger partial charge in [-0.2, -0.15) is 0 Å². The summed E-state index contributed by atoms with van der Waals surface area (Å²) in [5.74, 6) is 1.60. The molecule has 0 bridgehead atoms. The quantitative estimate of drug-likeness (QED) is 0.757. The maximum absolute atomic E-state index is 11.2. The highest BCUT2D eigenvalue weighted by Crippen LogP contribution is 2.37. The van der Waals surface area contributed by atoms with Gasteiger partial charge in [0.1, 0.15) is 0 Å². The molecule has 0 amide bonds. The summed E-state index contributed by atoms with van der Waals surface area (Å²) in [6.07, 6.45) is 1.68. The van der Waals surface area contributed by atoms with Crippen LogP contribution in [0.4, 0.5) is 0 Å². The summed E-state index contributed by atoms with van der Waals surface area (Å²) in [6, 6.07) is 9.84. The predicted octanol–water partition coefficient (Wildman–Crippen LogP) is 1.98. The minimum atomic E-state index is -3.68. The molecule has 0 aromatic heterocycles. The SMILES string of the molecule is COc1cc(C=NCc2ccc(S(N)(=O)=O)cc2)cc(OC)c1OC. The van der Waals surface area contributed by atoms with Crippen molar-refractivity contribution in [2.75, 3.05) is 21.3 Å². The summed E-state index contributed by atoms with van der Waals surface area (Å²) in [5.41, 5.74) is 1.65. The van der Waals surface area contributed by atoms with Crippen LogP contribution in [0.1, 0.15) is 11.1 Å². The normalized spacial score (nSPS) is 11.5. The Morgan fingerprint density at radius 1 is 1.00 bits per heavy atom. The lowest BCUT2D eigenvalue weighted by Gasteiger charge is -2.12. The van der Waals surface area contributed by atoms with E-state index in [1.807, 2.05) is 0 Å². The van der Waals surface area contributed by atoms with Crippen LogP contribution >= 0.6 is 0 Å². The van der Waals surface area contributed by atoms with Crippen molar-refractivity contribution < 1.29 is 22.6 Å². The van der Waals surface area contributed by atoms with Gasteiger partial charge in [0, 0.05) is 6.21 Å². The fourth-order valence-corrected chi connectivity index (χ4v) is 2.73. The Morgan fingerprint density at radius 2 is 1.56 bits per heavy atom. The molecule has 0 saturated carbocycles. The summed E-state index contributed by atoms with van der Waals surface area (Å²) in [7, 11) is 0.952. The molecule has 0 radical (unpaired) electrons. The number of hydrogen-bond acceptors (Lipinski definition) is 6. The van der Waals surface area contributed by atoms with E-state index in [0.717, 1.165) is 11.1 Å². The molecule has 2 N–H and O–H groups in total. The molecule has 8 heteroatoms. The van der Waals surface area contributed by atoms with E-state index < -0.39 is 10.0 Å². The molecule has 0 saturated heterocycles. The molecule has 2 aromatic carbocycles. The standard InChI is InChI=1S/C17H20N2O5S/c1-22-15-8-13(9-16(23-2)17(15)24-3)11-19-10-12-4-6-14(7-5-12)25(18,20)21/h4-9,11H,10H2,1-3H3,(H2,18,20,21). The van der Waals surface area contributed by atoms with Crippen LogP contribution in [0, 0.1) is 0 Å². The van der Waals surface area contributed by atoms with Gasteiger partial charge in [-0.1, -0.05) is 12.1 Å². The number of rotatable bonds is 7. The first-order chi connectivity index (χ1) is 11.9.